The quantitative estimate of drug-likeness (QED) is 0.791. The van der Waals surface area contributed by atoms with Crippen molar-refractivity contribution in [2.24, 2.45) is 0 Å². The Hall–Kier alpha value is -1.35. The molecule has 1 aromatic rings. The van der Waals surface area contributed by atoms with Crippen LogP contribution in [0.5, 0.6) is 0 Å². The molecule has 104 valence electrons. The number of nitrogens with one attached hydrogen (secondary N) is 2. The predicted octanol–water partition coefficient (Wildman–Crippen LogP) is 2.57. The Labute approximate surface area is 115 Å². The van der Waals surface area contributed by atoms with E-state index >= 15 is 0 Å². The van der Waals surface area contributed by atoms with Crippen LogP contribution in [0.25, 0.3) is 0 Å². The van der Waals surface area contributed by atoms with Gasteiger partial charge in [-0.05, 0) is 36.3 Å². The van der Waals surface area contributed by atoms with Crippen molar-refractivity contribution in [2.45, 2.75) is 51.6 Å². The second-order valence-corrected chi connectivity index (χ2v) is 5.48. The minimum Gasteiger partial charge on any atom is -0.351 e. The molecular weight excluding hydrogens is 236 g/mol. The zero-order chi connectivity index (χ0) is 13.7. The van der Waals surface area contributed by atoms with E-state index in [0.29, 0.717) is 25.0 Å². The minimum absolute atomic E-state index is 0.0814. The van der Waals surface area contributed by atoms with Gasteiger partial charge in [-0.2, -0.15) is 0 Å². The summed E-state index contributed by atoms with van der Waals surface area (Å²) < 4.78 is 0. The van der Waals surface area contributed by atoms with Gasteiger partial charge in [-0.1, -0.05) is 38.1 Å². The lowest BCUT2D eigenvalue weighted by atomic mass is 9.98. The lowest BCUT2D eigenvalue weighted by Crippen LogP contribution is -2.34. The largest absolute Gasteiger partial charge is 0.351 e. The fraction of sp³-hybridized carbons (Fsp3) is 0.562. The zero-order valence-electron chi connectivity index (χ0n) is 11.9. The third kappa shape index (κ3) is 4.67. The maximum Gasteiger partial charge on any atom is 0.234 e. The summed E-state index contributed by atoms with van der Waals surface area (Å²) in [4.78, 5) is 11.6. The van der Waals surface area contributed by atoms with E-state index in [4.69, 9.17) is 0 Å². The summed E-state index contributed by atoms with van der Waals surface area (Å²) in [5.74, 6) is 0.685. The van der Waals surface area contributed by atoms with Gasteiger partial charge in [0.15, 0.2) is 0 Å². The van der Waals surface area contributed by atoms with E-state index < -0.39 is 0 Å². The van der Waals surface area contributed by atoms with E-state index in [-0.39, 0.29) is 5.91 Å². The van der Waals surface area contributed by atoms with Crippen LogP contribution in [0.3, 0.4) is 0 Å². The highest BCUT2D eigenvalue weighted by atomic mass is 16.1. The highest BCUT2D eigenvalue weighted by Crippen LogP contribution is 2.19. The number of rotatable bonds is 7. The number of carbonyl (C=O) groups is 1. The molecule has 1 aliphatic carbocycles. The van der Waals surface area contributed by atoms with Gasteiger partial charge in [-0.15, -0.1) is 0 Å². The van der Waals surface area contributed by atoms with Gasteiger partial charge >= 0.3 is 0 Å². The molecular formula is C16H24N2O. The maximum atomic E-state index is 11.6. The van der Waals surface area contributed by atoms with E-state index in [9.17, 15) is 4.79 Å². The summed E-state index contributed by atoms with van der Waals surface area (Å²) in [6.07, 6.45) is 3.58. The van der Waals surface area contributed by atoms with Crippen molar-refractivity contribution < 1.29 is 4.79 Å². The van der Waals surface area contributed by atoms with Crippen molar-refractivity contribution in [3.8, 4) is 0 Å². The third-order valence-corrected chi connectivity index (χ3v) is 3.78. The molecule has 0 heterocycles. The Balaban J connectivity index is 1.74. The topological polar surface area (TPSA) is 41.1 Å². The Morgan fingerprint density at radius 3 is 2.58 bits per heavy atom. The molecule has 2 N–H and O–H groups in total. The first-order valence-corrected chi connectivity index (χ1v) is 7.28. The molecule has 1 saturated carbocycles. The summed E-state index contributed by atoms with van der Waals surface area (Å²) in [6, 6.07) is 9.13. The molecule has 1 fully saturated rings. The van der Waals surface area contributed by atoms with Crippen molar-refractivity contribution in [1.82, 2.24) is 10.6 Å². The first-order chi connectivity index (χ1) is 9.19. The molecule has 0 saturated heterocycles. The van der Waals surface area contributed by atoms with Crippen molar-refractivity contribution in [1.29, 1.82) is 0 Å². The second-order valence-electron chi connectivity index (χ2n) is 5.48. The van der Waals surface area contributed by atoms with Crippen LogP contribution in [0, 0.1) is 0 Å². The molecule has 1 amide bonds. The number of hydrogen-bond acceptors (Lipinski definition) is 2. The standard InChI is InChI=1S/C16H24N2O/c1-3-12(2)14-6-4-13(5-7-14)10-18-16(19)11-17-15-8-9-15/h4-7,12,15,17H,3,8-11H2,1-2H3,(H,18,19). The minimum atomic E-state index is 0.0814. The van der Waals surface area contributed by atoms with Gasteiger partial charge in [-0.3, -0.25) is 4.79 Å². The Morgan fingerprint density at radius 1 is 1.32 bits per heavy atom. The third-order valence-electron chi connectivity index (χ3n) is 3.78. The highest BCUT2D eigenvalue weighted by Gasteiger charge is 2.20. The summed E-state index contributed by atoms with van der Waals surface area (Å²) in [5, 5.41) is 6.16. The summed E-state index contributed by atoms with van der Waals surface area (Å²) >= 11 is 0. The van der Waals surface area contributed by atoms with Gasteiger partial charge < -0.3 is 10.6 Å². The van der Waals surface area contributed by atoms with Crippen LogP contribution >= 0.6 is 0 Å². The van der Waals surface area contributed by atoms with Gasteiger partial charge in [0, 0.05) is 12.6 Å². The van der Waals surface area contributed by atoms with Gasteiger partial charge in [0.05, 0.1) is 6.54 Å². The normalized spacial score (nSPS) is 16.1. The average Bonchev–Trinajstić information content (AvgIpc) is 3.26. The van der Waals surface area contributed by atoms with Crippen molar-refractivity contribution >= 4 is 5.91 Å². The van der Waals surface area contributed by atoms with Crippen molar-refractivity contribution in [3.05, 3.63) is 35.4 Å². The van der Waals surface area contributed by atoms with E-state index in [1.54, 1.807) is 0 Å². The van der Waals surface area contributed by atoms with Gasteiger partial charge in [0.25, 0.3) is 0 Å². The van der Waals surface area contributed by atoms with Crippen LogP contribution in [0.1, 0.15) is 50.2 Å². The number of carbonyl (C=O) groups excluding carboxylic acids is 1. The molecule has 0 aromatic heterocycles. The number of amides is 1. The molecule has 0 radical (unpaired) electrons. The molecule has 3 heteroatoms. The van der Waals surface area contributed by atoms with Crippen molar-refractivity contribution in [2.75, 3.05) is 6.54 Å². The molecule has 1 aromatic carbocycles. The Morgan fingerprint density at radius 2 is 2.00 bits per heavy atom. The highest BCUT2D eigenvalue weighted by molar-refractivity contribution is 5.78. The predicted molar refractivity (Wildman–Crippen MR) is 78.0 cm³/mol. The molecule has 19 heavy (non-hydrogen) atoms. The van der Waals surface area contributed by atoms with Crippen molar-refractivity contribution in [3.63, 3.8) is 0 Å². The van der Waals surface area contributed by atoms with Crippen LogP contribution < -0.4 is 10.6 Å². The SMILES string of the molecule is CCC(C)c1ccc(CNC(=O)CNC2CC2)cc1. The molecule has 1 atom stereocenters. The van der Waals surface area contributed by atoms with Crippen LogP contribution in [-0.2, 0) is 11.3 Å². The van der Waals surface area contributed by atoms with E-state index in [0.717, 1.165) is 12.0 Å². The smallest absolute Gasteiger partial charge is 0.234 e. The van der Waals surface area contributed by atoms with Crippen LogP contribution in [-0.4, -0.2) is 18.5 Å². The molecule has 0 aliphatic heterocycles. The molecule has 3 nitrogen and oxygen atoms in total. The summed E-state index contributed by atoms with van der Waals surface area (Å²) in [5.41, 5.74) is 2.53. The fourth-order valence-electron chi connectivity index (χ4n) is 1.99. The summed E-state index contributed by atoms with van der Waals surface area (Å²) in [7, 11) is 0. The fourth-order valence-corrected chi connectivity index (χ4v) is 1.99. The molecule has 0 spiro atoms. The Bertz CT molecular complexity index is 409. The van der Waals surface area contributed by atoms with Gasteiger partial charge in [0.1, 0.15) is 0 Å². The maximum absolute atomic E-state index is 11.6. The average molecular weight is 260 g/mol. The number of benzene rings is 1. The molecule has 2 rings (SSSR count). The molecule has 0 bridgehead atoms. The summed E-state index contributed by atoms with van der Waals surface area (Å²) in [6.45, 7) is 5.49. The van der Waals surface area contributed by atoms with Crippen LogP contribution in [0.15, 0.2) is 24.3 Å². The van der Waals surface area contributed by atoms with Gasteiger partial charge in [-0.25, -0.2) is 0 Å². The molecule has 1 aliphatic rings. The first kappa shape index (κ1) is 14.1. The lowest BCUT2D eigenvalue weighted by Gasteiger charge is -2.10. The number of hydrogen-bond donors (Lipinski definition) is 2. The van der Waals surface area contributed by atoms with E-state index in [1.807, 2.05) is 0 Å². The van der Waals surface area contributed by atoms with Gasteiger partial charge in [0.2, 0.25) is 5.91 Å². The van der Waals surface area contributed by atoms with Crippen LogP contribution in [0.2, 0.25) is 0 Å². The first-order valence-electron chi connectivity index (χ1n) is 7.28. The monoisotopic (exact) mass is 260 g/mol. The molecule has 1 unspecified atom stereocenters. The van der Waals surface area contributed by atoms with Crippen LogP contribution in [0.4, 0.5) is 0 Å². The Kier molecular flexibility index (Phi) is 4.97. The zero-order valence-corrected chi connectivity index (χ0v) is 11.9. The van der Waals surface area contributed by atoms with E-state index in [2.05, 4.69) is 48.7 Å². The van der Waals surface area contributed by atoms with E-state index in [1.165, 1.54) is 18.4 Å². The second kappa shape index (κ2) is 6.71. The lowest BCUT2D eigenvalue weighted by molar-refractivity contribution is -0.120.